The van der Waals surface area contributed by atoms with Crippen LogP contribution in [-0.2, 0) is 16.1 Å². The van der Waals surface area contributed by atoms with Crippen molar-refractivity contribution in [3.8, 4) is 5.75 Å². The second kappa shape index (κ2) is 5.86. The van der Waals surface area contributed by atoms with E-state index in [-0.39, 0.29) is 25.4 Å². The van der Waals surface area contributed by atoms with Gasteiger partial charge >= 0.3 is 11.9 Å². The highest BCUT2D eigenvalue weighted by molar-refractivity contribution is 5.72. The molecule has 1 aromatic carbocycles. The first-order chi connectivity index (χ1) is 7.97. The van der Waals surface area contributed by atoms with Crippen molar-refractivity contribution in [2.24, 2.45) is 0 Å². The minimum Gasteiger partial charge on any atom is -0.508 e. The van der Waals surface area contributed by atoms with Crippen molar-refractivity contribution in [3.63, 3.8) is 0 Å². The number of hydrogen-bond donors (Lipinski definition) is 3. The van der Waals surface area contributed by atoms with Gasteiger partial charge in [-0.25, -0.2) is 0 Å². The molecule has 0 aromatic heterocycles. The molecule has 0 saturated heterocycles. The molecule has 6 heteroatoms. The van der Waals surface area contributed by atoms with Gasteiger partial charge in [0.1, 0.15) is 5.75 Å². The monoisotopic (exact) mass is 239 g/mol. The minimum atomic E-state index is -1.09. The lowest BCUT2D eigenvalue weighted by molar-refractivity contribution is -0.142. The van der Waals surface area contributed by atoms with Gasteiger partial charge in [0.05, 0.1) is 13.1 Å². The van der Waals surface area contributed by atoms with Gasteiger partial charge in [-0.05, 0) is 17.7 Å². The molecule has 0 spiro atoms. The zero-order valence-electron chi connectivity index (χ0n) is 9.04. The van der Waals surface area contributed by atoms with E-state index in [4.69, 9.17) is 10.2 Å². The number of phenolic OH excluding ortho intramolecular Hbond substituents is 1. The molecule has 3 N–H and O–H groups in total. The van der Waals surface area contributed by atoms with Crippen LogP contribution in [-0.4, -0.2) is 45.2 Å². The quantitative estimate of drug-likeness (QED) is 0.663. The molecule has 0 aliphatic heterocycles. The van der Waals surface area contributed by atoms with Crippen molar-refractivity contribution in [2.45, 2.75) is 6.54 Å². The van der Waals surface area contributed by atoms with Gasteiger partial charge in [0.2, 0.25) is 0 Å². The number of rotatable bonds is 6. The number of phenols is 1. The molecule has 6 nitrogen and oxygen atoms in total. The van der Waals surface area contributed by atoms with E-state index < -0.39 is 11.9 Å². The largest absolute Gasteiger partial charge is 0.508 e. The van der Waals surface area contributed by atoms with Crippen LogP contribution >= 0.6 is 0 Å². The molecular weight excluding hydrogens is 226 g/mol. The topological polar surface area (TPSA) is 98.1 Å². The summed E-state index contributed by atoms with van der Waals surface area (Å²) >= 11 is 0. The van der Waals surface area contributed by atoms with Crippen molar-refractivity contribution in [1.82, 2.24) is 4.90 Å². The third kappa shape index (κ3) is 4.98. The number of nitrogens with zero attached hydrogens (tertiary/aromatic N) is 1. The summed E-state index contributed by atoms with van der Waals surface area (Å²) in [7, 11) is 0. The van der Waals surface area contributed by atoms with Gasteiger partial charge in [0, 0.05) is 6.54 Å². The summed E-state index contributed by atoms with van der Waals surface area (Å²) in [6, 6.07) is 6.26. The average Bonchev–Trinajstić information content (AvgIpc) is 2.14. The van der Waals surface area contributed by atoms with E-state index in [9.17, 15) is 14.7 Å². The highest BCUT2D eigenvalue weighted by Crippen LogP contribution is 2.12. The molecule has 0 aliphatic carbocycles. The lowest BCUT2D eigenvalue weighted by Crippen LogP contribution is -2.33. The first kappa shape index (κ1) is 13.0. The van der Waals surface area contributed by atoms with Crippen LogP contribution in [0.3, 0.4) is 0 Å². The zero-order valence-corrected chi connectivity index (χ0v) is 9.04. The van der Waals surface area contributed by atoms with Crippen LogP contribution in [0.4, 0.5) is 0 Å². The summed E-state index contributed by atoms with van der Waals surface area (Å²) in [6.07, 6.45) is 0. The molecule has 0 bridgehead atoms. The van der Waals surface area contributed by atoms with E-state index in [0.717, 1.165) is 0 Å². The number of aliphatic carboxylic acids is 2. The highest BCUT2D eigenvalue weighted by atomic mass is 16.4. The third-order valence-corrected chi connectivity index (χ3v) is 2.03. The number of carboxylic acid groups (broad SMARTS) is 2. The molecule has 0 heterocycles. The average molecular weight is 239 g/mol. The van der Waals surface area contributed by atoms with Gasteiger partial charge in [-0.2, -0.15) is 0 Å². The maximum atomic E-state index is 10.6. The third-order valence-electron chi connectivity index (χ3n) is 2.03. The lowest BCUT2D eigenvalue weighted by atomic mass is 10.2. The summed E-state index contributed by atoms with van der Waals surface area (Å²) in [5, 5.41) is 26.5. The fourth-order valence-electron chi connectivity index (χ4n) is 1.46. The number of carboxylic acids is 2. The zero-order chi connectivity index (χ0) is 12.8. The van der Waals surface area contributed by atoms with Crippen LogP contribution in [0.5, 0.6) is 5.75 Å². The van der Waals surface area contributed by atoms with E-state index in [0.29, 0.717) is 5.56 Å². The van der Waals surface area contributed by atoms with Gasteiger partial charge in [-0.1, -0.05) is 12.1 Å². The second-order valence-corrected chi connectivity index (χ2v) is 3.60. The molecule has 1 rings (SSSR count). The van der Waals surface area contributed by atoms with Gasteiger partial charge in [-0.15, -0.1) is 0 Å². The van der Waals surface area contributed by atoms with Crippen molar-refractivity contribution in [3.05, 3.63) is 29.8 Å². The molecule has 0 radical (unpaired) electrons. The van der Waals surface area contributed by atoms with Crippen LogP contribution in [0, 0.1) is 0 Å². The number of carbonyl (C=O) groups is 2. The number of benzene rings is 1. The van der Waals surface area contributed by atoms with Crippen LogP contribution < -0.4 is 0 Å². The van der Waals surface area contributed by atoms with Crippen LogP contribution in [0.15, 0.2) is 24.3 Å². The molecule has 92 valence electrons. The molecule has 0 amide bonds. The van der Waals surface area contributed by atoms with Crippen LogP contribution in [0.25, 0.3) is 0 Å². The summed E-state index contributed by atoms with van der Waals surface area (Å²) in [4.78, 5) is 22.4. The Kier molecular flexibility index (Phi) is 4.47. The molecule has 0 atom stereocenters. The van der Waals surface area contributed by atoms with Crippen molar-refractivity contribution >= 4 is 11.9 Å². The van der Waals surface area contributed by atoms with Crippen molar-refractivity contribution < 1.29 is 24.9 Å². The van der Waals surface area contributed by atoms with Crippen LogP contribution in [0.1, 0.15) is 5.56 Å². The summed E-state index contributed by atoms with van der Waals surface area (Å²) in [6.45, 7) is -0.559. The number of aromatic hydroxyl groups is 1. The van der Waals surface area contributed by atoms with Gasteiger partial charge < -0.3 is 15.3 Å². The Bertz CT molecular complexity index is 402. The van der Waals surface area contributed by atoms with Crippen molar-refractivity contribution in [1.29, 1.82) is 0 Å². The Morgan fingerprint density at radius 1 is 1.12 bits per heavy atom. The van der Waals surface area contributed by atoms with Gasteiger partial charge in [-0.3, -0.25) is 14.5 Å². The lowest BCUT2D eigenvalue weighted by Gasteiger charge is -2.17. The van der Waals surface area contributed by atoms with E-state index in [1.165, 1.54) is 17.0 Å². The molecule has 0 unspecified atom stereocenters. The predicted octanol–water partition coefficient (Wildman–Crippen LogP) is 0.363. The fraction of sp³-hybridized carbons (Fsp3) is 0.273. The van der Waals surface area contributed by atoms with Crippen LogP contribution in [0.2, 0.25) is 0 Å². The predicted molar refractivity (Wildman–Crippen MR) is 58.7 cm³/mol. The Hall–Kier alpha value is -2.08. The number of hydrogen-bond acceptors (Lipinski definition) is 4. The normalized spacial score (nSPS) is 10.4. The first-order valence-corrected chi connectivity index (χ1v) is 4.91. The van der Waals surface area contributed by atoms with E-state index in [2.05, 4.69) is 0 Å². The summed E-state index contributed by atoms with van der Waals surface area (Å²) in [5.74, 6) is -2.12. The smallest absolute Gasteiger partial charge is 0.317 e. The molecule has 1 aromatic rings. The fourth-order valence-corrected chi connectivity index (χ4v) is 1.46. The minimum absolute atomic E-state index is 0.0631. The molecular formula is C11H13NO5. The highest BCUT2D eigenvalue weighted by Gasteiger charge is 2.13. The summed E-state index contributed by atoms with van der Waals surface area (Å²) < 4.78 is 0. The molecule has 0 fully saturated rings. The van der Waals surface area contributed by atoms with Gasteiger partial charge in [0.15, 0.2) is 0 Å². The van der Waals surface area contributed by atoms with E-state index in [1.54, 1.807) is 12.1 Å². The SMILES string of the molecule is O=C(O)CN(CC(=O)O)Cc1cccc(O)c1. The standard InChI is InChI=1S/C11H13NO5/c13-9-3-1-2-8(4-9)5-12(6-10(14)15)7-11(16)17/h1-4,13H,5-7H2,(H,14,15)(H,16,17). The van der Waals surface area contributed by atoms with Gasteiger partial charge in [0.25, 0.3) is 0 Å². The Morgan fingerprint density at radius 3 is 2.18 bits per heavy atom. The Morgan fingerprint density at radius 2 is 1.71 bits per heavy atom. The maximum Gasteiger partial charge on any atom is 0.317 e. The molecule has 17 heavy (non-hydrogen) atoms. The maximum absolute atomic E-state index is 10.6. The van der Waals surface area contributed by atoms with E-state index >= 15 is 0 Å². The van der Waals surface area contributed by atoms with E-state index in [1.807, 2.05) is 0 Å². The van der Waals surface area contributed by atoms with Crippen molar-refractivity contribution in [2.75, 3.05) is 13.1 Å². The molecule has 0 aliphatic rings. The Labute approximate surface area is 97.7 Å². The first-order valence-electron chi connectivity index (χ1n) is 4.91. The Balaban J connectivity index is 2.71. The summed E-state index contributed by atoms with van der Waals surface area (Å²) in [5.41, 5.74) is 0.660. The second-order valence-electron chi connectivity index (χ2n) is 3.60. The molecule has 0 saturated carbocycles.